The average molecular weight is 350 g/mol. The van der Waals surface area contributed by atoms with Crippen molar-refractivity contribution in [2.75, 3.05) is 0 Å². The molecule has 0 saturated heterocycles. The summed E-state index contributed by atoms with van der Waals surface area (Å²) in [5.41, 5.74) is 2.18. The number of nitrogens with zero attached hydrogens (tertiary/aromatic N) is 1. The first-order chi connectivity index (χ1) is 8.81. The summed E-state index contributed by atoms with van der Waals surface area (Å²) in [5, 5.41) is 1.12. The van der Waals surface area contributed by atoms with E-state index in [1.807, 2.05) is 36.4 Å². The minimum absolute atomic E-state index is 0.543. The van der Waals surface area contributed by atoms with Gasteiger partial charge in [0.05, 0.1) is 15.4 Å². The highest BCUT2D eigenvalue weighted by Gasteiger charge is 2.02. The van der Waals surface area contributed by atoms with Gasteiger partial charge < -0.3 is 9.72 Å². The largest absolute Gasteiger partial charge is 0.473 e. The summed E-state index contributed by atoms with van der Waals surface area (Å²) in [6, 6.07) is 14.1. The quantitative estimate of drug-likeness (QED) is 0.731. The van der Waals surface area contributed by atoms with Crippen molar-refractivity contribution in [2.45, 2.75) is 6.61 Å². The molecule has 4 heteroatoms. The van der Waals surface area contributed by atoms with Gasteiger partial charge in [-0.05, 0) is 34.2 Å². The molecular weight excluding hydrogens is 339 g/mol. The Labute approximate surface area is 118 Å². The third kappa shape index (κ3) is 2.48. The molecule has 0 aliphatic rings. The molecule has 0 aliphatic heterocycles. The van der Waals surface area contributed by atoms with Crippen LogP contribution < -0.4 is 4.74 Å². The third-order valence-electron chi connectivity index (χ3n) is 2.68. The molecule has 3 rings (SSSR count). The number of benzene rings is 1. The number of aromatic nitrogens is 2. The first-order valence-corrected chi connectivity index (χ1v) is 6.70. The highest BCUT2D eigenvalue weighted by molar-refractivity contribution is 14.1. The number of H-pyrrole nitrogens is 1. The maximum Gasteiger partial charge on any atom is 0.214 e. The molecule has 0 saturated carbocycles. The van der Waals surface area contributed by atoms with Crippen LogP contribution in [0.5, 0.6) is 5.88 Å². The third-order valence-corrected chi connectivity index (χ3v) is 3.26. The molecule has 0 atom stereocenters. The van der Waals surface area contributed by atoms with Crippen molar-refractivity contribution < 1.29 is 4.74 Å². The summed E-state index contributed by atoms with van der Waals surface area (Å²) in [6.45, 7) is 0.543. The van der Waals surface area contributed by atoms with Crippen molar-refractivity contribution in [3.05, 3.63) is 57.9 Å². The van der Waals surface area contributed by atoms with E-state index in [1.165, 1.54) is 0 Å². The van der Waals surface area contributed by atoms with Gasteiger partial charge in [-0.25, -0.2) is 4.98 Å². The molecule has 0 bridgehead atoms. The maximum atomic E-state index is 5.68. The monoisotopic (exact) mass is 350 g/mol. The molecular formula is C14H11IN2O. The second-order valence-corrected chi connectivity index (χ2v) is 5.16. The zero-order chi connectivity index (χ0) is 12.4. The number of halogens is 1. The normalized spacial score (nSPS) is 10.7. The standard InChI is InChI=1S/C14H11IN2O/c15-13-6-11-7-14(16-8-12(11)17-13)18-9-10-4-2-1-3-5-10/h1-8,17H,9H2. The topological polar surface area (TPSA) is 37.9 Å². The molecule has 0 fully saturated rings. The van der Waals surface area contributed by atoms with Crippen LogP contribution in [0.4, 0.5) is 0 Å². The van der Waals surface area contributed by atoms with Crippen LogP contribution in [0.1, 0.15) is 5.56 Å². The van der Waals surface area contributed by atoms with Crippen LogP contribution in [-0.2, 0) is 6.61 Å². The highest BCUT2D eigenvalue weighted by atomic mass is 127. The Morgan fingerprint density at radius 1 is 1.17 bits per heavy atom. The van der Waals surface area contributed by atoms with Gasteiger partial charge in [-0.2, -0.15) is 0 Å². The Bertz CT molecular complexity index is 664. The lowest BCUT2D eigenvalue weighted by Gasteiger charge is -2.04. The van der Waals surface area contributed by atoms with Gasteiger partial charge >= 0.3 is 0 Å². The molecule has 0 aliphatic carbocycles. The van der Waals surface area contributed by atoms with Crippen LogP contribution in [0.2, 0.25) is 0 Å². The molecule has 1 aromatic carbocycles. The van der Waals surface area contributed by atoms with E-state index in [0.29, 0.717) is 12.5 Å². The molecule has 0 unspecified atom stereocenters. The first kappa shape index (κ1) is 11.5. The first-order valence-electron chi connectivity index (χ1n) is 5.62. The van der Waals surface area contributed by atoms with E-state index in [2.05, 4.69) is 38.6 Å². The molecule has 0 amide bonds. The summed E-state index contributed by atoms with van der Waals surface area (Å²) in [7, 11) is 0. The lowest BCUT2D eigenvalue weighted by atomic mass is 10.2. The van der Waals surface area contributed by atoms with Gasteiger partial charge in [0.1, 0.15) is 6.61 Å². The Morgan fingerprint density at radius 3 is 2.83 bits per heavy atom. The van der Waals surface area contributed by atoms with Crippen LogP contribution in [0, 0.1) is 3.70 Å². The molecule has 90 valence electrons. The zero-order valence-electron chi connectivity index (χ0n) is 9.56. The number of ether oxygens (including phenoxy) is 1. The fourth-order valence-corrected chi connectivity index (χ4v) is 2.41. The van der Waals surface area contributed by atoms with Crippen molar-refractivity contribution in [2.24, 2.45) is 0 Å². The molecule has 3 aromatic rings. The SMILES string of the molecule is Ic1cc2cc(OCc3ccccc3)ncc2[nH]1. The Morgan fingerprint density at radius 2 is 2.00 bits per heavy atom. The molecule has 18 heavy (non-hydrogen) atoms. The number of nitrogens with one attached hydrogen (secondary N) is 1. The van der Waals surface area contributed by atoms with Crippen LogP contribution in [0.15, 0.2) is 48.7 Å². The molecule has 3 nitrogen and oxygen atoms in total. The van der Waals surface area contributed by atoms with Crippen LogP contribution >= 0.6 is 22.6 Å². The summed E-state index contributed by atoms with van der Waals surface area (Å²) in [6.07, 6.45) is 1.80. The molecule has 0 radical (unpaired) electrons. The Balaban J connectivity index is 1.78. The van der Waals surface area contributed by atoms with Crippen molar-refractivity contribution in [1.29, 1.82) is 0 Å². The van der Waals surface area contributed by atoms with Gasteiger partial charge in [0.2, 0.25) is 5.88 Å². The van der Waals surface area contributed by atoms with Crippen LogP contribution in [0.3, 0.4) is 0 Å². The van der Waals surface area contributed by atoms with E-state index in [9.17, 15) is 0 Å². The summed E-state index contributed by atoms with van der Waals surface area (Å²) >= 11 is 2.25. The second kappa shape index (κ2) is 4.97. The number of hydrogen-bond acceptors (Lipinski definition) is 2. The minimum atomic E-state index is 0.543. The average Bonchev–Trinajstić information content (AvgIpc) is 2.77. The van der Waals surface area contributed by atoms with Gasteiger partial charge in [-0.15, -0.1) is 0 Å². The van der Waals surface area contributed by atoms with Gasteiger partial charge in [0, 0.05) is 11.5 Å². The molecule has 2 aromatic heterocycles. The lowest BCUT2D eigenvalue weighted by Crippen LogP contribution is -1.96. The van der Waals surface area contributed by atoms with Crippen molar-refractivity contribution in [3.8, 4) is 5.88 Å². The Kier molecular flexibility index (Phi) is 3.19. The van der Waals surface area contributed by atoms with E-state index in [1.54, 1.807) is 6.20 Å². The van der Waals surface area contributed by atoms with Crippen molar-refractivity contribution in [1.82, 2.24) is 9.97 Å². The number of rotatable bonds is 3. The fourth-order valence-electron chi connectivity index (χ4n) is 1.79. The maximum absolute atomic E-state index is 5.68. The van der Waals surface area contributed by atoms with E-state index < -0.39 is 0 Å². The second-order valence-electron chi connectivity index (χ2n) is 4.00. The smallest absolute Gasteiger partial charge is 0.214 e. The lowest BCUT2D eigenvalue weighted by molar-refractivity contribution is 0.294. The number of pyridine rings is 1. The van der Waals surface area contributed by atoms with E-state index in [0.717, 1.165) is 20.2 Å². The molecule has 2 heterocycles. The number of fused-ring (bicyclic) bond motifs is 1. The number of hydrogen-bond donors (Lipinski definition) is 1. The predicted octanol–water partition coefficient (Wildman–Crippen LogP) is 3.75. The Hall–Kier alpha value is -1.56. The highest BCUT2D eigenvalue weighted by Crippen LogP contribution is 2.20. The van der Waals surface area contributed by atoms with Gasteiger partial charge in [-0.3, -0.25) is 0 Å². The molecule has 1 N–H and O–H groups in total. The van der Waals surface area contributed by atoms with E-state index in [4.69, 9.17) is 4.74 Å². The summed E-state index contributed by atoms with van der Waals surface area (Å²) in [4.78, 5) is 7.51. The van der Waals surface area contributed by atoms with Gasteiger partial charge in [0.25, 0.3) is 0 Å². The van der Waals surface area contributed by atoms with Crippen LogP contribution in [-0.4, -0.2) is 9.97 Å². The summed E-state index contributed by atoms with van der Waals surface area (Å²) < 4.78 is 6.78. The fraction of sp³-hybridized carbons (Fsp3) is 0.0714. The van der Waals surface area contributed by atoms with E-state index in [-0.39, 0.29) is 0 Å². The van der Waals surface area contributed by atoms with Gasteiger partial charge in [-0.1, -0.05) is 30.3 Å². The molecule has 0 spiro atoms. The van der Waals surface area contributed by atoms with Crippen LogP contribution in [0.25, 0.3) is 10.9 Å². The summed E-state index contributed by atoms with van der Waals surface area (Å²) in [5.74, 6) is 0.654. The van der Waals surface area contributed by atoms with Crippen molar-refractivity contribution in [3.63, 3.8) is 0 Å². The van der Waals surface area contributed by atoms with E-state index >= 15 is 0 Å². The van der Waals surface area contributed by atoms with Gasteiger partial charge in [0.15, 0.2) is 0 Å². The minimum Gasteiger partial charge on any atom is -0.473 e. The predicted molar refractivity (Wildman–Crippen MR) is 79.6 cm³/mol. The van der Waals surface area contributed by atoms with Crippen molar-refractivity contribution >= 4 is 33.5 Å². The zero-order valence-corrected chi connectivity index (χ0v) is 11.7. The number of aromatic amines is 1.